The number of benzene rings is 2. The number of para-hydroxylation sites is 2. The van der Waals surface area contributed by atoms with Crippen LogP contribution in [0, 0.1) is 0 Å². The van der Waals surface area contributed by atoms with Gasteiger partial charge in [0.15, 0.2) is 0 Å². The topological polar surface area (TPSA) is 128 Å². The molecule has 9 nitrogen and oxygen atoms in total. The van der Waals surface area contributed by atoms with Crippen LogP contribution in [0.2, 0.25) is 0 Å². The van der Waals surface area contributed by atoms with E-state index in [4.69, 9.17) is 29.6 Å². The van der Waals surface area contributed by atoms with E-state index in [1.54, 1.807) is 0 Å². The van der Waals surface area contributed by atoms with Crippen molar-refractivity contribution in [3.63, 3.8) is 0 Å². The molecular weight excluding hydrogens is 416 g/mol. The molecule has 9 heteroatoms. The van der Waals surface area contributed by atoms with Gasteiger partial charge in [0.1, 0.15) is 0 Å². The Morgan fingerprint density at radius 3 is 1.91 bits per heavy atom. The number of hydrogen-bond donors (Lipinski definition) is 3. The van der Waals surface area contributed by atoms with Crippen LogP contribution in [0.4, 0.5) is 11.4 Å². The molecule has 0 bridgehead atoms. The van der Waals surface area contributed by atoms with Gasteiger partial charge in [0.2, 0.25) is 0 Å². The van der Waals surface area contributed by atoms with E-state index >= 15 is 0 Å². The predicted molar refractivity (Wildman–Crippen MR) is 116 cm³/mol. The van der Waals surface area contributed by atoms with Crippen molar-refractivity contribution >= 4 is 29.3 Å². The van der Waals surface area contributed by atoms with Crippen molar-refractivity contribution < 1.29 is 34.4 Å². The molecule has 2 aliphatic heterocycles. The third kappa shape index (κ3) is 6.05. The summed E-state index contributed by atoms with van der Waals surface area (Å²) in [5, 5.41) is 23.9. The zero-order valence-electron chi connectivity index (χ0n) is 17.5. The number of fused-ring (bicyclic) bond motifs is 2. The van der Waals surface area contributed by atoms with Crippen LogP contribution in [0.15, 0.2) is 48.5 Å². The molecule has 170 valence electrons. The minimum atomic E-state index is -1.82. The molecule has 2 aromatic carbocycles. The Morgan fingerprint density at radius 2 is 1.41 bits per heavy atom. The summed E-state index contributed by atoms with van der Waals surface area (Å²) in [5.41, 5.74) is 5.16. The van der Waals surface area contributed by atoms with Crippen LogP contribution in [0.1, 0.15) is 11.1 Å². The molecule has 4 rings (SSSR count). The molecule has 2 aromatic rings. The molecule has 0 spiro atoms. The number of hydrogen-bond acceptors (Lipinski definition) is 6. The van der Waals surface area contributed by atoms with Gasteiger partial charge in [-0.3, -0.25) is 9.69 Å². The summed E-state index contributed by atoms with van der Waals surface area (Å²) in [7, 11) is 0. The highest BCUT2D eigenvalue weighted by Gasteiger charge is 2.27. The van der Waals surface area contributed by atoms with E-state index in [1.807, 2.05) is 4.90 Å². The van der Waals surface area contributed by atoms with E-state index in [0.29, 0.717) is 19.7 Å². The summed E-state index contributed by atoms with van der Waals surface area (Å²) >= 11 is 0. The van der Waals surface area contributed by atoms with Gasteiger partial charge < -0.3 is 25.0 Å². The molecule has 2 aliphatic rings. The second-order valence-electron chi connectivity index (χ2n) is 7.60. The highest BCUT2D eigenvalue weighted by Crippen LogP contribution is 2.36. The van der Waals surface area contributed by atoms with Gasteiger partial charge in [-0.1, -0.05) is 36.4 Å². The monoisotopic (exact) mass is 442 g/mol. The molecule has 32 heavy (non-hydrogen) atoms. The molecule has 0 saturated carbocycles. The summed E-state index contributed by atoms with van der Waals surface area (Å²) in [6.45, 7) is 2.70. The minimum Gasteiger partial charge on any atom is -0.480 e. The molecule has 0 radical (unpaired) electrons. The highest BCUT2D eigenvalue weighted by atomic mass is 16.5. The Bertz CT molecular complexity index is 919. The van der Waals surface area contributed by atoms with Crippen molar-refractivity contribution in [1.82, 2.24) is 4.90 Å². The lowest BCUT2D eigenvalue weighted by Gasteiger charge is -2.36. The Kier molecular flexibility index (Phi) is 7.80. The van der Waals surface area contributed by atoms with Gasteiger partial charge in [-0.15, -0.1) is 0 Å². The first-order chi connectivity index (χ1) is 15.3. The van der Waals surface area contributed by atoms with Crippen molar-refractivity contribution in [3.05, 3.63) is 59.7 Å². The van der Waals surface area contributed by atoms with E-state index in [0.717, 1.165) is 19.4 Å². The Labute approximate surface area is 185 Å². The first-order valence-corrected chi connectivity index (χ1v) is 10.3. The fourth-order valence-corrected chi connectivity index (χ4v) is 4.00. The van der Waals surface area contributed by atoms with Crippen LogP contribution in [0.5, 0.6) is 0 Å². The fraction of sp³-hybridized carbons (Fsp3) is 0.348. The van der Waals surface area contributed by atoms with E-state index in [-0.39, 0.29) is 12.6 Å². The summed E-state index contributed by atoms with van der Waals surface area (Å²) in [6, 6.07) is 17.1. The number of rotatable bonds is 4. The summed E-state index contributed by atoms with van der Waals surface area (Å²) < 4.78 is 5.99. The number of ether oxygens (including phenoxy) is 1. The third-order valence-electron chi connectivity index (χ3n) is 5.38. The van der Waals surface area contributed by atoms with Crippen molar-refractivity contribution in [2.24, 2.45) is 0 Å². The van der Waals surface area contributed by atoms with Gasteiger partial charge in [0.05, 0.1) is 25.8 Å². The number of aryl methyl sites for hydroxylation is 2. The molecule has 1 atom stereocenters. The van der Waals surface area contributed by atoms with Crippen LogP contribution in [0.25, 0.3) is 0 Å². The maximum atomic E-state index is 11.0. The molecule has 0 aliphatic carbocycles. The van der Waals surface area contributed by atoms with Crippen LogP contribution in [-0.2, 0) is 32.0 Å². The number of carboxylic acid groups (broad SMARTS) is 3. The van der Waals surface area contributed by atoms with E-state index < -0.39 is 17.9 Å². The average molecular weight is 442 g/mol. The largest absolute Gasteiger partial charge is 0.480 e. The first-order valence-electron chi connectivity index (χ1n) is 10.3. The fourth-order valence-electron chi connectivity index (χ4n) is 4.00. The number of morpholine rings is 1. The second-order valence-corrected chi connectivity index (χ2v) is 7.60. The van der Waals surface area contributed by atoms with Crippen molar-refractivity contribution in [2.45, 2.75) is 18.9 Å². The summed E-state index contributed by atoms with van der Waals surface area (Å²) in [6.07, 6.45) is 2.04. The van der Waals surface area contributed by atoms with E-state index in [9.17, 15) is 4.79 Å². The Hall–Kier alpha value is -3.43. The van der Waals surface area contributed by atoms with Gasteiger partial charge in [0.25, 0.3) is 0 Å². The number of nitrogens with zero attached hydrogens (tertiary/aromatic N) is 2. The van der Waals surface area contributed by atoms with E-state index in [1.165, 1.54) is 22.5 Å². The molecule has 0 amide bonds. The summed E-state index contributed by atoms with van der Waals surface area (Å²) in [4.78, 5) is 33.6. The lowest BCUT2D eigenvalue weighted by atomic mass is 10.0. The zero-order valence-corrected chi connectivity index (χ0v) is 17.5. The highest BCUT2D eigenvalue weighted by molar-refractivity contribution is 6.27. The lowest BCUT2D eigenvalue weighted by Crippen LogP contribution is -2.48. The SMILES string of the molecule is O=C(O)C(=O)O.O=C(O)CN1CCOC(CN2c3ccccc3CCc3ccccc32)C1. The van der Waals surface area contributed by atoms with Gasteiger partial charge >= 0.3 is 17.9 Å². The number of aliphatic carboxylic acids is 3. The van der Waals surface area contributed by atoms with Gasteiger partial charge in [-0.25, -0.2) is 9.59 Å². The van der Waals surface area contributed by atoms with Crippen LogP contribution < -0.4 is 4.90 Å². The maximum absolute atomic E-state index is 11.0. The van der Waals surface area contributed by atoms with Crippen molar-refractivity contribution in [3.8, 4) is 0 Å². The molecule has 0 aromatic heterocycles. The predicted octanol–water partition coefficient (Wildman–Crippen LogP) is 1.86. The van der Waals surface area contributed by atoms with Crippen molar-refractivity contribution in [2.75, 3.05) is 37.7 Å². The van der Waals surface area contributed by atoms with Gasteiger partial charge in [-0.05, 0) is 36.1 Å². The van der Waals surface area contributed by atoms with Gasteiger partial charge in [-0.2, -0.15) is 0 Å². The van der Waals surface area contributed by atoms with Crippen LogP contribution in [0.3, 0.4) is 0 Å². The standard InChI is InChI=1S/C21H24N2O3.C2H2O4/c24-21(25)15-22-11-12-26-18(13-22)14-23-19-7-3-1-5-16(19)9-10-17-6-2-4-8-20(17)23;3-1(4)2(5)6/h1-8,18H,9-15H2,(H,24,25);(H,3,4)(H,5,6). The van der Waals surface area contributed by atoms with Crippen molar-refractivity contribution in [1.29, 1.82) is 0 Å². The van der Waals surface area contributed by atoms with Gasteiger partial charge in [0, 0.05) is 24.5 Å². The minimum absolute atomic E-state index is 0.0117. The molecule has 1 unspecified atom stereocenters. The third-order valence-corrected chi connectivity index (χ3v) is 5.38. The first kappa shape index (κ1) is 23.2. The number of carboxylic acids is 3. The Balaban J connectivity index is 0.000000427. The zero-order chi connectivity index (χ0) is 23.1. The second kappa shape index (κ2) is 10.7. The number of carbonyl (C=O) groups is 3. The average Bonchev–Trinajstić information content (AvgIpc) is 2.92. The lowest BCUT2D eigenvalue weighted by molar-refractivity contribution is -0.159. The number of anilines is 2. The smallest absolute Gasteiger partial charge is 0.414 e. The molecule has 1 saturated heterocycles. The molecular formula is C23H26N2O7. The van der Waals surface area contributed by atoms with Crippen LogP contribution in [-0.4, -0.2) is 77.0 Å². The quantitative estimate of drug-likeness (QED) is 0.608. The molecule has 1 fully saturated rings. The van der Waals surface area contributed by atoms with E-state index in [2.05, 4.69) is 53.4 Å². The summed E-state index contributed by atoms with van der Waals surface area (Å²) in [5.74, 6) is -4.43. The van der Waals surface area contributed by atoms with Crippen LogP contribution >= 0.6 is 0 Å². The molecule has 2 heterocycles. The maximum Gasteiger partial charge on any atom is 0.414 e. The molecule has 3 N–H and O–H groups in total. The normalized spacial score (nSPS) is 17.8. The Morgan fingerprint density at radius 1 is 0.875 bits per heavy atom.